The van der Waals surface area contributed by atoms with Gasteiger partial charge in [0, 0.05) is 43.4 Å². The number of hydrogen-bond donors (Lipinski definition) is 1. The maximum absolute atomic E-state index is 6.00. The van der Waals surface area contributed by atoms with E-state index in [1.807, 2.05) is 44.7 Å². The fourth-order valence-corrected chi connectivity index (χ4v) is 3.53. The van der Waals surface area contributed by atoms with Crippen molar-refractivity contribution in [3.05, 3.63) is 53.5 Å². The molecule has 3 aromatic rings. The Balaban J connectivity index is 0.00000225. The third-order valence-corrected chi connectivity index (χ3v) is 5.02. The molecule has 3 heterocycles. The molecular weight excluding hydrogens is 469 g/mol. The molecule has 1 N–H and O–H groups in total. The van der Waals surface area contributed by atoms with Gasteiger partial charge in [-0.1, -0.05) is 18.2 Å². The number of nitrogens with one attached hydrogen (secondary N) is 1. The van der Waals surface area contributed by atoms with Gasteiger partial charge in [0.1, 0.15) is 17.4 Å². The molecule has 0 spiro atoms. The number of ether oxygens (including phenoxy) is 1. The first kappa shape index (κ1) is 20.7. The number of hydrogen-bond acceptors (Lipinski definition) is 4. The number of morpholine rings is 1. The Morgan fingerprint density at radius 1 is 1.36 bits per heavy atom. The van der Waals surface area contributed by atoms with Gasteiger partial charge in [-0.3, -0.25) is 9.67 Å². The summed E-state index contributed by atoms with van der Waals surface area (Å²) >= 11 is 0. The first-order chi connectivity index (χ1) is 13.2. The minimum absolute atomic E-state index is 0. The highest BCUT2D eigenvalue weighted by Crippen LogP contribution is 2.25. The van der Waals surface area contributed by atoms with E-state index in [-0.39, 0.29) is 30.1 Å². The molecule has 1 unspecified atom stereocenters. The van der Waals surface area contributed by atoms with E-state index in [2.05, 4.69) is 33.3 Å². The van der Waals surface area contributed by atoms with Crippen molar-refractivity contribution < 1.29 is 9.15 Å². The second kappa shape index (κ2) is 8.95. The molecule has 0 bridgehead atoms. The third kappa shape index (κ3) is 4.17. The van der Waals surface area contributed by atoms with Gasteiger partial charge in [0.25, 0.3) is 0 Å². The molecule has 1 atom stereocenters. The first-order valence-corrected chi connectivity index (χ1v) is 9.18. The van der Waals surface area contributed by atoms with Gasteiger partial charge < -0.3 is 19.4 Å². The zero-order chi connectivity index (χ0) is 18.8. The second-order valence-electron chi connectivity index (χ2n) is 6.80. The molecule has 150 valence electrons. The lowest BCUT2D eigenvalue weighted by Gasteiger charge is -2.34. The number of nitrogens with zero attached hydrogens (tertiary/aromatic N) is 4. The Hall–Kier alpha value is -2.07. The van der Waals surface area contributed by atoms with Gasteiger partial charge in [-0.25, -0.2) is 0 Å². The molecule has 0 amide bonds. The summed E-state index contributed by atoms with van der Waals surface area (Å²) < 4.78 is 13.7. The van der Waals surface area contributed by atoms with Crippen molar-refractivity contribution in [2.75, 3.05) is 26.7 Å². The number of aromatic nitrogens is 2. The summed E-state index contributed by atoms with van der Waals surface area (Å²) in [5, 5.41) is 8.85. The highest BCUT2D eigenvalue weighted by Gasteiger charge is 2.25. The molecule has 1 aliphatic heterocycles. The van der Waals surface area contributed by atoms with Crippen molar-refractivity contribution in [2.24, 2.45) is 12.0 Å². The van der Waals surface area contributed by atoms with Crippen LogP contribution in [0.15, 0.2) is 46.1 Å². The average molecular weight is 495 g/mol. The zero-order valence-corrected chi connectivity index (χ0v) is 18.7. The van der Waals surface area contributed by atoms with Crippen LogP contribution in [0.25, 0.3) is 11.0 Å². The van der Waals surface area contributed by atoms with Crippen LogP contribution in [0, 0.1) is 6.92 Å². The molecule has 7 nitrogen and oxygen atoms in total. The maximum atomic E-state index is 6.00. The van der Waals surface area contributed by atoms with Gasteiger partial charge in [-0.2, -0.15) is 5.10 Å². The minimum atomic E-state index is -0.000984. The van der Waals surface area contributed by atoms with E-state index in [0.717, 1.165) is 41.3 Å². The summed E-state index contributed by atoms with van der Waals surface area (Å²) in [5.41, 5.74) is 3.18. The van der Waals surface area contributed by atoms with Crippen LogP contribution in [0.3, 0.4) is 0 Å². The van der Waals surface area contributed by atoms with E-state index in [0.29, 0.717) is 13.2 Å². The monoisotopic (exact) mass is 495 g/mol. The largest absolute Gasteiger partial charge is 0.459 e. The molecular formula is C20H26IN5O2. The van der Waals surface area contributed by atoms with Gasteiger partial charge in [0.15, 0.2) is 5.96 Å². The lowest BCUT2D eigenvalue weighted by molar-refractivity contribution is -0.00807. The second-order valence-corrected chi connectivity index (χ2v) is 6.80. The number of para-hydroxylation sites is 1. The average Bonchev–Trinajstić information content (AvgIpc) is 3.27. The highest BCUT2D eigenvalue weighted by molar-refractivity contribution is 14.0. The van der Waals surface area contributed by atoms with Crippen molar-refractivity contribution in [1.29, 1.82) is 0 Å². The summed E-state index contributed by atoms with van der Waals surface area (Å²) in [5.74, 6) is 1.79. The molecule has 0 aliphatic carbocycles. The van der Waals surface area contributed by atoms with Crippen molar-refractivity contribution in [3.63, 3.8) is 0 Å². The minimum Gasteiger partial charge on any atom is -0.459 e. The quantitative estimate of drug-likeness (QED) is 0.344. The van der Waals surface area contributed by atoms with Crippen LogP contribution in [0.1, 0.15) is 23.0 Å². The molecule has 0 saturated carbocycles. The lowest BCUT2D eigenvalue weighted by atomic mass is 10.1. The van der Waals surface area contributed by atoms with Crippen LogP contribution < -0.4 is 5.32 Å². The highest BCUT2D eigenvalue weighted by atomic mass is 127. The SMILES string of the molecule is CN=C(NCc1oc2ccccc2c1C)N1CCOC(c2cnn(C)c2)C1.I. The molecule has 4 rings (SSSR count). The predicted octanol–water partition coefficient (Wildman–Crippen LogP) is 3.24. The molecule has 28 heavy (non-hydrogen) atoms. The summed E-state index contributed by atoms with van der Waals surface area (Å²) in [6.45, 7) is 4.89. The zero-order valence-electron chi connectivity index (χ0n) is 16.4. The van der Waals surface area contributed by atoms with Crippen molar-refractivity contribution >= 4 is 40.9 Å². The number of rotatable bonds is 3. The van der Waals surface area contributed by atoms with Crippen LogP contribution >= 0.6 is 24.0 Å². The van der Waals surface area contributed by atoms with Crippen LogP contribution in [-0.4, -0.2) is 47.4 Å². The molecule has 8 heteroatoms. The van der Waals surface area contributed by atoms with E-state index >= 15 is 0 Å². The van der Waals surface area contributed by atoms with E-state index in [9.17, 15) is 0 Å². The fourth-order valence-electron chi connectivity index (χ4n) is 3.53. The molecule has 1 fully saturated rings. The number of halogens is 1. The van der Waals surface area contributed by atoms with Crippen LogP contribution in [0.2, 0.25) is 0 Å². The molecule has 0 radical (unpaired) electrons. The number of aliphatic imine (C=N–C) groups is 1. The Labute approximate surface area is 181 Å². The summed E-state index contributed by atoms with van der Waals surface area (Å²) in [6.07, 6.45) is 3.86. The summed E-state index contributed by atoms with van der Waals surface area (Å²) in [4.78, 5) is 6.68. The van der Waals surface area contributed by atoms with Crippen LogP contribution in [-0.2, 0) is 18.3 Å². The number of aryl methyl sites for hydroxylation is 2. The van der Waals surface area contributed by atoms with Gasteiger partial charge >= 0.3 is 0 Å². The molecule has 2 aromatic heterocycles. The van der Waals surface area contributed by atoms with Crippen molar-refractivity contribution in [1.82, 2.24) is 20.0 Å². The van der Waals surface area contributed by atoms with Crippen molar-refractivity contribution in [2.45, 2.75) is 19.6 Å². The molecule has 1 saturated heterocycles. The van der Waals surface area contributed by atoms with Crippen LogP contribution in [0.4, 0.5) is 0 Å². The lowest BCUT2D eigenvalue weighted by Crippen LogP contribution is -2.47. The van der Waals surface area contributed by atoms with Gasteiger partial charge in [0.05, 0.1) is 25.9 Å². The smallest absolute Gasteiger partial charge is 0.194 e. The topological polar surface area (TPSA) is 67.8 Å². The molecule has 1 aliphatic rings. The fraction of sp³-hybridized carbons (Fsp3) is 0.400. The maximum Gasteiger partial charge on any atom is 0.194 e. The van der Waals surface area contributed by atoms with Gasteiger partial charge in [-0.15, -0.1) is 24.0 Å². The first-order valence-electron chi connectivity index (χ1n) is 9.18. The van der Waals surface area contributed by atoms with Gasteiger partial charge in [-0.05, 0) is 13.0 Å². The van der Waals surface area contributed by atoms with Gasteiger partial charge in [0.2, 0.25) is 0 Å². The number of benzene rings is 1. The summed E-state index contributed by atoms with van der Waals surface area (Å²) in [6, 6.07) is 8.12. The predicted molar refractivity (Wildman–Crippen MR) is 120 cm³/mol. The summed E-state index contributed by atoms with van der Waals surface area (Å²) in [7, 11) is 3.72. The Bertz CT molecular complexity index is 965. The van der Waals surface area contributed by atoms with E-state index in [4.69, 9.17) is 9.15 Å². The van der Waals surface area contributed by atoms with Crippen molar-refractivity contribution in [3.8, 4) is 0 Å². The van der Waals surface area contributed by atoms with E-state index < -0.39 is 0 Å². The number of furan rings is 1. The molecule has 1 aromatic carbocycles. The van der Waals surface area contributed by atoms with Crippen LogP contribution in [0.5, 0.6) is 0 Å². The number of guanidine groups is 1. The third-order valence-electron chi connectivity index (χ3n) is 5.02. The standard InChI is InChI=1S/C20H25N5O2.HI/c1-14-16-6-4-5-7-17(16)27-18(14)11-22-20(21-2)25-8-9-26-19(13-25)15-10-23-24(3)12-15;/h4-7,10,12,19H,8-9,11,13H2,1-3H3,(H,21,22);1H. The van der Waals surface area contributed by atoms with E-state index in [1.54, 1.807) is 4.68 Å². The number of fused-ring (bicyclic) bond motifs is 1. The van der Waals surface area contributed by atoms with E-state index in [1.165, 1.54) is 5.56 Å². The Kier molecular flexibility index (Phi) is 6.61. The Morgan fingerprint density at radius 2 is 2.18 bits per heavy atom. The Morgan fingerprint density at radius 3 is 2.89 bits per heavy atom. The normalized spacial score (nSPS) is 17.6.